The molecule has 0 spiro atoms. The Hall–Kier alpha value is -1.37. The molecule has 84 valence electrons. The van der Waals surface area contributed by atoms with Crippen molar-refractivity contribution in [1.29, 1.82) is 5.26 Å². The van der Waals surface area contributed by atoms with Gasteiger partial charge in [0.25, 0.3) is 0 Å². The van der Waals surface area contributed by atoms with Crippen molar-refractivity contribution >= 4 is 0 Å². The molecule has 3 heteroatoms. The summed E-state index contributed by atoms with van der Waals surface area (Å²) in [6.07, 6.45) is 1.46. The van der Waals surface area contributed by atoms with Crippen LogP contribution in [0.4, 0.5) is 0 Å². The van der Waals surface area contributed by atoms with Gasteiger partial charge < -0.3 is 9.47 Å². The molecule has 1 unspecified atom stereocenters. The van der Waals surface area contributed by atoms with Crippen LogP contribution in [0.5, 0.6) is 0 Å². The van der Waals surface area contributed by atoms with Crippen molar-refractivity contribution in [2.75, 3.05) is 13.2 Å². The van der Waals surface area contributed by atoms with Gasteiger partial charge in [0.2, 0.25) is 0 Å². The summed E-state index contributed by atoms with van der Waals surface area (Å²) in [6, 6.07) is 12.2. The Bertz CT molecular complexity index is 352. The fourth-order valence-corrected chi connectivity index (χ4v) is 1.87. The minimum absolute atomic E-state index is 0.0611. The molecule has 0 aromatic heterocycles. The third kappa shape index (κ3) is 2.82. The van der Waals surface area contributed by atoms with Crippen molar-refractivity contribution in [2.45, 2.75) is 25.0 Å². The number of ether oxygens (including phenoxy) is 2. The van der Waals surface area contributed by atoms with Crippen LogP contribution in [0.15, 0.2) is 30.3 Å². The molecule has 1 aliphatic heterocycles. The average Bonchev–Trinajstić information content (AvgIpc) is 2.84. The van der Waals surface area contributed by atoms with E-state index >= 15 is 0 Å². The van der Waals surface area contributed by atoms with E-state index in [1.165, 1.54) is 0 Å². The fraction of sp³-hybridized carbons (Fsp3) is 0.462. The standard InChI is InChI=1S/C13H15NO2/c14-10-12(11-4-2-1-3-5-11)6-7-13-15-8-9-16-13/h1-5,12-13H,6-9H2. The van der Waals surface area contributed by atoms with E-state index in [-0.39, 0.29) is 12.2 Å². The molecule has 1 heterocycles. The van der Waals surface area contributed by atoms with Crippen LogP contribution in [0.25, 0.3) is 0 Å². The van der Waals surface area contributed by atoms with Crippen molar-refractivity contribution in [3.63, 3.8) is 0 Å². The third-order valence-corrected chi connectivity index (χ3v) is 2.74. The van der Waals surface area contributed by atoms with Crippen molar-refractivity contribution in [2.24, 2.45) is 0 Å². The predicted molar refractivity (Wildman–Crippen MR) is 59.7 cm³/mol. The van der Waals surface area contributed by atoms with E-state index in [2.05, 4.69) is 6.07 Å². The number of hydrogen-bond acceptors (Lipinski definition) is 3. The molecule has 0 amide bonds. The van der Waals surface area contributed by atoms with Gasteiger partial charge in [-0.3, -0.25) is 0 Å². The average molecular weight is 217 g/mol. The predicted octanol–water partition coefficient (Wildman–Crippen LogP) is 2.45. The second-order valence-electron chi connectivity index (χ2n) is 3.84. The van der Waals surface area contributed by atoms with E-state index in [0.29, 0.717) is 13.2 Å². The van der Waals surface area contributed by atoms with Gasteiger partial charge in [0.15, 0.2) is 6.29 Å². The van der Waals surface area contributed by atoms with Gasteiger partial charge in [-0.25, -0.2) is 0 Å². The summed E-state index contributed by atoms with van der Waals surface area (Å²) >= 11 is 0. The summed E-state index contributed by atoms with van der Waals surface area (Å²) in [5, 5.41) is 9.12. The van der Waals surface area contributed by atoms with Crippen LogP contribution in [-0.2, 0) is 9.47 Å². The Labute approximate surface area is 95.6 Å². The molecular weight excluding hydrogens is 202 g/mol. The molecule has 0 radical (unpaired) electrons. The summed E-state index contributed by atoms with van der Waals surface area (Å²) in [6.45, 7) is 1.35. The lowest BCUT2D eigenvalue weighted by Gasteiger charge is -2.12. The molecule has 0 N–H and O–H groups in total. The molecule has 2 rings (SSSR count). The Kier molecular flexibility index (Phi) is 3.92. The van der Waals surface area contributed by atoms with Crippen LogP contribution in [0.1, 0.15) is 24.3 Å². The monoisotopic (exact) mass is 217 g/mol. The first-order valence-corrected chi connectivity index (χ1v) is 5.58. The van der Waals surface area contributed by atoms with E-state index in [1.54, 1.807) is 0 Å². The number of nitrogens with zero attached hydrogens (tertiary/aromatic N) is 1. The Morgan fingerprint density at radius 1 is 1.25 bits per heavy atom. The first-order valence-electron chi connectivity index (χ1n) is 5.58. The molecule has 0 aliphatic carbocycles. The van der Waals surface area contributed by atoms with Crippen LogP contribution in [-0.4, -0.2) is 19.5 Å². The maximum absolute atomic E-state index is 9.12. The maximum Gasteiger partial charge on any atom is 0.157 e. The van der Waals surface area contributed by atoms with Gasteiger partial charge in [-0.2, -0.15) is 5.26 Å². The quantitative estimate of drug-likeness (QED) is 0.778. The highest BCUT2D eigenvalue weighted by Crippen LogP contribution is 2.23. The lowest BCUT2D eigenvalue weighted by molar-refractivity contribution is -0.0480. The zero-order valence-electron chi connectivity index (χ0n) is 9.13. The minimum Gasteiger partial charge on any atom is -0.350 e. The summed E-state index contributed by atoms with van der Waals surface area (Å²) < 4.78 is 10.7. The number of rotatable bonds is 4. The van der Waals surface area contributed by atoms with Gasteiger partial charge in [0.1, 0.15) is 0 Å². The number of benzene rings is 1. The van der Waals surface area contributed by atoms with E-state index < -0.39 is 0 Å². The van der Waals surface area contributed by atoms with Crippen molar-refractivity contribution in [3.8, 4) is 6.07 Å². The highest BCUT2D eigenvalue weighted by Gasteiger charge is 2.18. The van der Waals surface area contributed by atoms with Crippen LogP contribution in [0.3, 0.4) is 0 Å². The van der Waals surface area contributed by atoms with Gasteiger partial charge in [0.05, 0.1) is 25.2 Å². The van der Waals surface area contributed by atoms with Crippen LogP contribution in [0.2, 0.25) is 0 Å². The van der Waals surface area contributed by atoms with E-state index in [4.69, 9.17) is 14.7 Å². The van der Waals surface area contributed by atoms with Gasteiger partial charge in [0, 0.05) is 0 Å². The molecule has 3 nitrogen and oxygen atoms in total. The second kappa shape index (κ2) is 5.64. The third-order valence-electron chi connectivity index (χ3n) is 2.74. The molecule has 1 saturated heterocycles. The molecule has 0 saturated carbocycles. The maximum atomic E-state index is 9.12. The Morgan fingerprint density at radius 3 is 2.56 bits per heavy atom. The first kappa shape index (κ1) is 11.1. The summed E-state index contributed by atoms with van der Waals surface area (Å²) in [7, 11) is 0. The summed E-state index contributed by atoms with van der Waals surface area (Å²) in [5.74, 6) is -0.0611. The zero-order valence-corrected chi connectivity index (χ0v) is 9.13. The van der Waals surface area contributed by atoms with Crippen molar-refractivity contribution < 1.29 is 9.47 Å². The van der Waals surface area contributed by atoms with Gasteiger partial charge >= 0.3 is 0 Å². The minimum atomic E-state index is -0.112. The van der Waals surface area contributed by atoms with E-state index in [0.717, 1.165) is 18.4 Å². The van der Waals surface area contributed by atoms with Gasteiger partial charge in [-0.15, -0.1) is 0 Å². The highest BCUT2D eigenvalue weighted by molar-refractivity contribution is 5.24. The Balaban J connectivity index is 1.89. The molecule has 1 fully saturated rings. The molecule has 1 atom stereocenters. The summed E-state index contributed by atoms with van der Waals surface area (Å²) in [4.78, 5) is 0. The molecule has 0 bridgehead atoms. The number of nitriles is 1. The lowest BCUT2D eigenvalue weighted by Crippen LogP contribution is -2.09. The van der Waals surface area contributed by atoms with Crippen LogP contribution >= 0.6 is 0 Å². The SMILES string of the molecule is N#CC(CCC1OCCO1)c1ccccc1. The summed E-state index contributed by atoms with van der Waals surface area (Å²) in [5.41, 5.74) is 1.07. The highest BCUT2D eigenvalue weighted by atomic mass is 16.7. The van der Waals surface area contributed by atoms with Crippen LogP contribution < -0.4 is 0 Å². The van der Waals surface area contributed by atoms with E-state index in [1.807, 2.05) is 30.3 Å². The second-order valence-corrected chi connectivity index (χ2v) is 3.84. The molecule has 1 aromatic rings. The number of hydrogen-bond donors (Lipinski definition) is 0. The smallest absolute Gasteiger partial charge is 0.157 e. The fourth-order valence-electron chi connectivity index (χ4n) is 1.87. The molecular formula is C13H15NO2. The topological polar surface area (TPSA) is 42.2 Å². The van der Waals surface area contributed by atoms with Crippen molar-refractivity contribution in [1.82, 2.24) is 0 Å². The zero-order chi connectivity index (χ0) is 11.2. The molecule has 16 heavy (non-hydrogen) atoms. The van der Waals surface area contributed by atoms with Crippen molar-refractivity contribution in [3.05, 3.63) is 35.9 Å². The normalized spacial score (nSPS) is 18.2. The molecule has 1 aromatic carbocycles. The van der Waals surface area contributed by atoms with Gasteiger partial charge in [-0.05, 0) is 18.4 Å². The first-order chi connectivity index (χ1) is 7.90. The lowest BCUT2D eigenvalue weighted by atomic mass is 9.96. The van der Waals surface area contributed by atoms with Gasteiger partial charge in [-0.1, -0.05) is 30.3 Å². The largest absolute Gasteiger partial charge is 0.350 e. The Morgan fingerprint density at radius 2 is 1.94 bits per heavy atom. The van der Waals surface area contributed by atoms with E-state index in [9.17, 15) is 0 Å². The molecule has 1 aliphatic rings. The van der Waals surface area contributed by atoms with Crippen LogP contribution in [0, 0.1) is 11.3 Å².